The quantitative estimate of drug-likeness (QED) is 0.878. The van der Waals surface area contributed by atoms with Crippen molar-refractivity contribution in [3.8, 4) is 0 Å². The highest BCUT2D eigenvalue weighted by Crippen LogP contribution is 2.33. The number of fused-ring (bicyclic) bond motifs is 1. The fourth-order valence-corrected chi connectivity index (χ4v) is 3.18. The predicted molar refractivity (Wildman–Crippen MR) is 69.5 cm³/mol. The maximum atomic E-state index is 11.3. The summed E-state index contributed by atoms with van der Waals surface area (Å²) in [5.41, 5.74) is 1.26. The average Bonchev–Trinajstić information content (AvgIpc) is 2.71. The van der Waals surface area contributed by atoms with Gasteiger partial charge in [-0.05, 0) is 18.1 Å². The number of carbonyl (C=O) groups is 1. The highest BCUT2D eigenvalue weighted by Gasteiger charge is 2.21. The first-order valence-corrected chi connectivity index (χ1v) is 6.62. The lowest BCUT2D eigenvalue weighted by molar-refractivity contribution is -0.129. The van der Waals surface area contributed by atoms with Crippen molar-refractivity contribution in [3.05, 3.63) is 16.5 Å². The summed E-state index contributed by atoms with van der Waals surface area (Å²) < 4.78 is 0. The molecule has 0 saturated carbocycles. The van der Waals surface area contributed by atoms with Gasteiger partial charge in [0.25, 0.3) is 0 Å². The van der Waals surface area contributed by atoms with Crippen molar-refractivity contribution in [2.75, 3.05) is 31.6 Å². The summed E-state index contributed by atoms with van der Waals surface area (Å²) >= 11 is 1.77. The minimum absolute atomic E-state index is 0.145. The van der Waals surface area contributed by atoms with Crippen molar-refractivity contribution < 1.29 is 9.90 Å². The van der Waals surface area contributed by atoms with Crippen molar-refractivity contribution in [2.24, 2.45) is 0 Å². The zero-order valence-electron chi connectivity index (χ0n) is 10.3. The SMILES string of the molecule is CC(=O)N1CCc2sc(N(C)CCO)cc2C1. The van der Waals surface area contributed by atoms with E-state index in [1.165, 1.54) is 15.4 Å². The zero-order valence-corrected chi connectivity index (χ0v) is 11.1. The third-order valence-corrected chi connectivity index (χ3v) is 4.46. The summed E-state index contributed by atoms with van der Waals surface area (Å²) in [7, 11) is 1.98. The second kappa shape index (κ2) is 5.06. The number of hydrogen-bond acceptors (Lipinski definition) is 4. The normalized spacial score (nSPS) is 14.6. The number of aliphatic hydroxyl groups is 1. The monoisotopic (exact) mass is 254 g/mol. The fourth-order valence-electron chi connectivity index (χ4n) is 2.03. The van der Waals surface area contributed by atoms with Crippen molar-refractivity contribution in [3.63, 3.8) is 0 Å². The van der Waals surface area contributed by atoms with Crippen LogP contribution in [0.15, 0.2) is 6.07 Å². The Kier molecular flexibility index (Phi) is 3.69. The molecule has 17 heavy (non-hydrogen) atoms. The van der Waals surface area contributed by atoms with Gasteiger partial charge in [-0.1, -0.05) is 0 Å². The van der Waals surface area contributed by atoms with Gasteiger partial charge >= 0.3 is 0 Å². The van der Waals surface area contributed by atoms with Gasteiger partial charge in [0, 0.05) is 38.5 Å². The molecule has 0 aliphatic carbocycles. The Bertz CT molecular complexity index is 417. The van der Waals surface area contributed by atoms with Crippen LogP contribution >= 0.6 is 11.3 Å². The predicted octanol–water partition coefficient (Wildman–Crippen LogP) is 1.08. The van der Waals surface area contributed by atoms with Gasteiger partial charge in [-0.2, -0.15) is 0 Å². The summed E-state index contributed by atoms with van der Waals surface area (Å²) in [4.78, 5) is 16.7. The third kappa shape index (κ3) is 2.61. The van der Waals surface area contributed by atoms with Gasteiger partial charge in [0.05, 0.1) is 11.6 Å². The smallest absolute Gasteiger partial charge is 0.219 e. The molecule has 0 spiro atoms. The first-order valence-electron chi connectivity index (χ1n) is 5.81. The van der Waals surface area contributed by atoms with Crippen LogP contribution in [0.25, 0.3) is 0 Å². The highest BCUT2D eigenvalue weighted by molar-refractivity contribution is 7.16. The second-order valence-corrected chi connectivity index (χ2v) is 5.48. The summed E-state index contributed by atoms with van der Waals surface area (Å²) in [6.07, 6.45) is 0.951. The van der Waals surface area contributed by atoms with E-state index in [0.29, 0.717) is 6.54 Å². The number of rotatable bonds is 3. The molecule has 1 amide bonds. The molecular weight excluding hydrogens is 236 g/mol. The number of nitrogens with zero attached hydrogens (tertiary/aromatic N) is 2. The van der Waals surface area contributed by atoms with E-state index in [2.05, 4.69) is 11.0 Å². The molecule has 0 unspecified atom stereocenters. The molecule has 0 fully saturated rings. The van der Waals surface area contributed by atoms with Gasteiger partial charge in [0.1, 0.15) is 0 Å². The average molecular weight is 254 g/mol. The number of likely N-dealkylation sites (N-methyl/N-ethyl adjacent to an activating group) is 1. The lowest BCUT2D eigenvalue weighted by atomic mass is 10.1. The molecule has 5 heteroatoms. The summed E-state index contributed by atoms with van der Waals surface area (Å²) in [5.74, 6) is 0.145. The van der Waals surface area contributed by atoms with Gasteiger partial charge < -0.3 is 14.9 Å². The number of anilines is 1. The van der Waals surface area contributed by atoms with Crippen LogP contribution in [-0.2, 0) is 17.8 Å². The first kappa shape index (κ1) is 12.4. The molecule has 2 rings (SSSR count). The zero-order chi connectivity index (χ0) is 12.4. The van der Waals surface area contributed by atoms with Crippen LogP contribution in [0.5, 0.6) is 0 Å². The van der Waals surface area contributed by atoms with Crippen LogP contribution in [0.3, 0.4) is 0 Å². The van der Waals surface area contributed by atoms with Crippen molar-refractivity contribution in [1.82, 2.24) is 4.90 Å². The van der Waals surface area contributed by atoms with Crippen LogP contribution in [0, 0.1) is 0 Å². The minimum Gasteiger partial charge on any atom is -0.395 e. The third-order valence-electron chi connectivity index (χ3n) is 3.11. The van der Waals surface area contributed by atoms with Gasteiger partial charge in [0.15, 0.2) is 0 Å². The number of thiophene rings is 1. The molecule has 1 aromatic rings. The molecular formula is C12H18N2O2S. The lowest BCUT2D eigenvalue weighted by Gasteiger charge is -2.25. The van der Waals surface area contributed by atoms with Crippen LogP contribution in [0.4, 0.5) is 5.00 Å². The molecule has 0 aromatic carbocycles. The molecule has 1 aliphatic heterocycles. The minimum atomic E-state index is 0.145. The first-order chi connectivity index (χ1) is 8.11. The van der Waals surface area contributed by atoms with E-state index < -0.39 is 0 Å². The summed E-state index contributed by atoms with van der Waals surface area (Å²) in [6.45, 7) is 3.99. The van der Waals surface area contributed by atoms with Crippen LogP contribution in [0.1, 0.15) is 17.4 Å². The van der Waals surface area contributed by atoms with Crippen LogP contribution in [0.2, 0.25) is 0 Å². The van der Waals surface area contributed by atoms with Crippen LogP contribution < -0.4 is 4.90 Å². The van der Waals surface area contributed by atoms with E-state index in [0.717, 1.165) is 19.5 Å². The van der Waals surface area contributed by atoms with Crippen molar-refractivity contribution >= 4 is 22.2 Å². The maximum Gasteiger partial charge on any atom is 0.219 e. The molecule has 1 aliphatic rings. The highest BCUT2D eigenvalue weighted by atomic mass is 32.1. The van der Waals surface area contributed by atoms with E-state index in [1.54, 1.807) is 18.3 Å². The van der Waals surface area contributed by atoms with E-state index in [4.69, 9.17) is 5.11 Å². The Labute approximate surface area is 105 Å². The van der Waals surface area contributed by atoms with E-state index >= 15 is 0 Å². The van der Waals surface area contributed by atoms with E-state index in [-0.39, 0.29) is 12.5 Å². The molecule has 1 N–H and O–H groups in total. The largest absolute Gasteiger partial charge is 0.395 e. The topological polar surface area (TPSA) is 43.8 Å². The Morgan fingerprint density at radius 3 is 3.06 bits per heavy atom. The molecule has 0 atom stereocenters. The standard InChI is InChI=1S/C12H18N2O2S/c1-9(16)14-4-3-11-10(8-14)7-12(17-11)13(2)5-6-15/h7,15H,3-6,8H2,1-2H3. The van der Waals surface area contributed by atoms with E-state index in [1.807, 2.05) is 11.9 Å². The van der Waals surface area contributed by atoms with Crippen LogP contribution in [-0.4, -0.2) is 42.7 Å². The van der Waals surface area contributed by atoms with Gasteiger partial charge in [0.2, 0.25) is 5.91 Å². The Hall–Kier alpha value is -1.07. The number of carbonyl (C=O) groups excluding carboxylic acids is 1. The number of hydrogen-bond donors (Lipinski definition) is 1. The van der Waals surface area contributed by atoms with Gasteiger partial charge in [-0.15, -0.1) is 11.3 Å². The summed E-state index contributed by atoms with van der Waals surface area (Å²) in [5, 5.41) is 10.1. The Morgan fingerprint density at radius 1 is 1.65 bits per heavy atom. The van der Waals surface area contributed by atoms with Gasteiger partial charge in [-0.25, -0.2) is 0 Å². The Morgan fingerprint density at radius 2 is 2.41 bits per heavy atom. The molecule has 0 bridgehead atoms. The van der Waals surface area contributed by atoms with Crippen molar-refractivity contribution in [2.45, 2.75) is 19.9 Å². The molecule has 1 aromatic heterocycles. The molecule has 0 saturated heterocycles. The second-order valence-electron chi connectivity index (χ2n) is 4.37. The fraction of sp³-hybridized carbons (Fsp3) is 0.583. The lowest BCUT2D eigenvalue weighted by Crippen LogP contribution is -2.33. The van der Waals surface area contributed by atoms with E-state index in [9.17, 15) is 4.79 Å². The van der Waals surface area contributed by atoms with Gasteiger partial charge in [-0.3, -0.25) is 4.79 Å². The maximum absolute atomic E-state index is 11.3. The molecule has 2 heterocycles. The Balaban J connectivity index is 2.14. The summed E-state index contributed by atoms with van der Waals surface area (Å²) in [6, 6.07) is 2.14. The number of aliphatic hydroxyl groups excluding tert-OH is 1. The molecule has 94 valence electrons. The van der Waals surface area contributed by atoms with Crippen molar-refractivity contribution in [1.29, 1.82) is 0 Å². The molecule has 0 radical (unpaired) electrons. The molecule has 4 nitrogen and oxygen atoms in total. The number of amides is 1.